The van der Waals surface area contributed by atoms with Crippen LogP contribution in [0.1, 0.15) is 32.1 Å². The van der Waals surface area contributed by atoms with Crippen LogP contribution in [0.4, 0.5) is 14.5 Å². The van der Waals surface area contributed by atoms with E-state index in [9.17, 15) is 17.2 Å². The van der Waals surface area contributed by atoms with Crippen LogP contribution in [-0.4, -0.2) is 25.6 Å². The van der Waals surface area contributed by atoms with Crippen LogP contribution < -0.4 is 5.32 Å². The fraction of sp³-hybridized carbons (Fsp3) is 0.571. The number of sulfone groups is 1. The molecule has 1 aromatic rings. The number of halogens is 3. The van der Waals surface area contributed by atoms with E-state index in [0.29, 0.717) is 0 Å². The summed E-state index contributed by atoms with van der Waals surface area (Å²) in [5, 5.41) is 2.93. The number of alkyl halides is 3. The highest BCUT2D eigenvalue weighted by Crippen LogP contribution is 2.30. The van der Waals surface area contributed by atoms with Gasteiger partial charge in [0.05, 0.1) is 16.0 Å². The van der Waals surface area contributed by atoms with Gasteiger partial charge in [0.25, 0.3) is 0 Å². The zero-order chi connectivity index (χ0) is 15.5. The molecule has 0 amide bonds. The van der Waals surface area contributed by atoms with Gasteiger partial charge in [-0.25, -0.2) is 8.42 Å². The van der Waals surface area contributed by atoms with Crippen LogP contribution in [0.3, 0.4) is 0 Å². The standard InChI is InChI=1S/C14H18ClF2NO2S/c15-10-6-2-1-3-7-11(10)18-12-8-4-5-9-13(12)21(19,20)14(16)17/h4-5,8-11,14,18H,1-3,6-7H2. The molecule has 2 unspecified atom stereocenters. The van der Waals surface area contributed by atoms with Gasteiger partial charge in [0.1, 0.15) is 0 Å². The van der Waals surface area contributed by atoms with Gasteiger partial charge in [-0.2, -0.15) is 8.78 Å². The fourth-order valence-corrected chi connectivity index (χ4v) is 3.79. The topological polar surface area (TPSA) is 46.2 Å². The summed E-state index contributed by atoms with van der Waals surface area (Å²) < 4.78 is 49.0. The molecule has 3 nitrogen and oxygen atoms in total. The van der Waals surface area contributed by atoms with Crippen molar-refractivity contribution in [3.8, 4) is 0 Å². The Morgan fingerprint density at radius 2 is 1.81 bits per heavy atom. The summed E-state index contributed by atoms with van der Waals surface area (Å²) in [6.45, 7) is 0. The highest BCUT2D eigenvalue weighted by atomic mass is 35.5. The van der Waals surface area contributed by atoms with Gasteiger partial charge in [-0.1, -0.05) is 31.4 Å². The summed E-state index contributed by atoms with van der Waals surface area (Å²) in [6, 6.07) is 5.65. The average Bonchev–Trinajstić information content (AvgIpc) is 2.64. The van der Waals surface area contributed by atoms with E-state index in [1.165, 1.54) is 18.2 Å². The highest BCUT2D eigenvalue weighted by molar-refractivity contribution is 7.91. The molecule has 0 heterocycles. The van der Waals surface area contributed by atoms with Gasteiger partial charge >= 0.3 is 5.76 Å². The molecule has 0 bridgehead atoms. The molecule has 0 spiro atoms. The summed E-state index contributed by atoms with van der Waals surface area (Å²) in [7, 11) is -4.62. The predicted octanol–water partition coefficient (Wildman–Crippen LogP) is 4.03. The van der Waals surface area contributed by atoms with Crippen molar-refractivity contribution < 1.29 is 17.2 Å². The van der Waals surface area contributed by atoms with E-state index >= 15 is 0 Å². The van der Waals surface area contributed by atoms with E-state index in [1.807, 2.05) is 0 Å². The largest absolute Gasteiger partial charge is 0.380 e. The predicted molar refractivity (Wildman–Crippen MR) is 79.8 cm³/mol. The summed E-state index contributed by atoms with van der Waals surface area (Å²) in [5.74, 6) is -3.43. The van der Waals surface area contributed by atoms with Gasteiger partial charge in [0.2, 0.25) is 9.84 Å². The molecule has 0 aromatic heterocycles. The molecule has 0 saturated heterocycles. The Kier molecular flexibility index (Phi) is 5.43. The van der Waals surface area contributed by atoms with Crippen LogP contribution in [0.25, 0.3) is 0 Å². The van der Waals surface area contributed by atoms with Crippen LogP contribution in [0, 0.1) is 0 Å². The van der Waals surface area contributed by atoms with E-state index in [1.54, 1.807) is 6.07 Å². The van der Waals surface area contributed by atoms with E-state index in [2.05, 4.69) is 5.32 Å². The molecule has 118 valence electrons. The van der Waals surface area contributed by atoms with Crippen molar-refractivity contribution in [3.63, 3.8) is 0 Å². The van der Waals surface area contributed by atoms with Gasteiger partial charge in [-0.15, -0.1) is 11.6 Å². The smallest absolute Gasteiger partial charge is 0.341 e. The molecule has 1 N–H and O–H groups in total. The molecule has 1 aromatic carbocycles. The van der Waals surface area contributed by atoms with Crippen LogP contribution in [0.15, 0.2) is 29.2 Å². The maximum absolute atomic E-state index is 12.8. The third-order valence-electron chi connectivity index (χ3n) is 3.70. The van der Waals surface area contributed by atoms with Crippen molar-refractivity contribution in [1.29, 1.82) is 0 Å². The van der Waals surface area contributed by atoms with Crippen molar-refractivity contribution in [2.24, 2.45) is 0 Å². The van der Waals surface area contributed by atoms with Crippen molar-refractivity contribution in [1.82, 2.24) is 0 Å². The number of rotatable bonds is 4. The van der Waals surface area contributed by atoms with Gasteiger partial charge in [0, 0.05) is 6.04 Å². The Labute approximate surface area is 128 Å². The van der Waals surface area contributed by atoms with E-state index in [4.69, 9.17) is 11.6 Å². The van der Waals surface area contributed by atoms with Gasteiger partial charge in [0.15, 0.2) is 0 Å². The lowest BCUT2D eigenvalue weighted by molar-refractivity contribution is 0.235. The minimum absolute atomic E-state index is 0.108. The number of anilines is 1. The third-order valence-corrected chi connectivity index (χ3v) is 5.66. The zero-order valence-electron chi connectivity index (χ0n) is 11.4. The molecule has 1 aliphatic rings. The molecule has 7 heteroatoms. The maximum Gasteiger partial charge on any atom is 0.341 e. The Morgan fingerprint density at radius 3 is 2.52 bits per heavy atom. The van der Waals surface area contributed by atoms with Crippen LogP contribution in [0.5, 0.6) is 0 Å². The monoisotopic (exact) mass is 337 g/mol. The lowest BCUT2D eigenvalue weighted by Gasteiger charge is -2.23. The molecule has 1 saturated carbocycles. The molecule has 2 atom stereocenters. The van der Waals surface area contributed by atoms with E-state index < -0.39 is 15.6 Å². The van der Waals surface area contributed by atoms with Gasteiger partial charge in [-0.3, -0.25) is 0 Å². The van der Waals surface area contributed by atoms with Gasteiger partial charge in [-0.05, 0) is 25.0 Å². The SMILES string of the molecule is O=S(=O)(c1ccccc1NC1CCCCCC1Cl)C(F)F. The zero-order valence-corrected chi connectivity index (χ0v) is 13.0. The number of para-hydroxylation sites is 1. The molecular weight excluding hydrogens is 320 g/mol. The molecule has 0 aliphatic heterocycles. The molecule has 2 rings (SSSR count). The summed E-state index contributed by atoms with van der Waals surface area (Å²) >= 11 is 6.31. The summed E-state index contributed by atoms with van der Waals surface area (Å²) in [5.41, 5.74) is 0.204. The first-order valence-corrected chi connectivity index (χ1v) is 8.93. The summed E-state index contributed by atoms with van der Waals surface area (Å²) in [4.78, 5) is -0.367. The molecule has 1 aliphatic carbocycles. The minimum atomic E-state index is -4.62. The highest BCUT2D eigenvalue weighted by Gasteiger charge is 2.30. The van der Waals surface area contributed by atoms with Crippen LogP contribution in [-0.2, 0) is 9.84 Å². The van der Waals surface area contributed by atoms with Gasteiger partial charge < -0.3 is 5.32 Å². The third kappa shape index (κ3) is 3.86. The van der Waals surface area contributed by atoms with Crippen molar-refractivity contribution in [3.05, 3.63) is 24.3 Å². The Morgan fingerprint density at radius 1 is 1.14 bits per heavy atom. The van der Waals surface area contributed by atoms with E-state index in [0.717, 1.165) is 32.1 Å². The fourth-order valence-electron chi connectivity index (χ4n) is 2.55. The van der Waals surface area contributed by atoms with Crippen molar-refractivity contribution in [2.75, 3.05) is 5.32 Å². The Hall–Kier alpha value is -0.880. The average molecular weight is 338 g/mol. The first-order chi connectivity index (χ1) is 9.93. The maximum atomic E-state index is 12.8. The van der Waals surface area contributed by atoms with Crippen LogP contribution >= 0.6 is 11.6 Å². The Bertz CT molecular complexity index is 580. The number of nitrogens with one attached hydrogen (secondary N) is 1. The van der Waals surface area contributed by atoms with Crippen molar-refractivity contribution in [2.45, 2.75) is 54.2 Å². The quantitative estimate of drug-likeness (QED) is 0.666. The molecular formula is C14H18ClF2NO2S. The van der Waals surface area contributed by atoms with E-state index in [-0.39, 0.29) is 22.0 Å². The molecule has 0 radical (unpaired) electrons. The van der Waals surface area contributed by atoms with Crippen LogP contribution in [0.2, 0.25) is 0 Å². The van der Waals surface area contributed by atoms with Crippen molar-refractivity contribution >= 4 is 27.1 Å². The molecule has 1 fully saturated rings. The lowest BCUT2D eigenvalue weighted by Crippen LogP contribution is -2.29. The summed E-state index contributed by atoms with van der Waals surface area (Å²) in [6.07, 6.45) is 4.74. The lowest BCUT2D eigenvalue weighted by atomic mass is 10.1. The first kappa shape index (κ1) is 16.5. The normalized spacial score (nSPS) is 23.8. The number of hydrogen-bond donors (Lipinski definition) is 1. The number of benzene rings is 1. The first-order valence-electron chi connectivity index (χ1n) is 6.94. The number of hydrogen-bond acceptors (Lipinski definition) is 3. The second-order valence-corrected chi connectivity index (χ2v) is 7.65. The Balaban J connectivity index is 2.28. The molecule has 21 heavy (non-hydrogen) atoms. The second-order valence-electron chi connectivity index (χ2n) is 5.21. The minimum Gasteiger partial charge on any atom is -0.380 e. The second kappa shape index (κ2) is 6.92.